The highest BCUT2D eigenvalue weighted by Gasteiger charge is 2.58. The number of nitrogens with zero attached hydrogens (tertiary/aromatic N) is 2. The van der Waals surface area contributed by atoms with Crippen molar-refractivity contribution in [3.8, 4) is 11.5 Å². The van der Waals surface area contributed by atoms with Crippen LogP contribution in [0.2, 0.25) is 0 Å². The van der Waals surface area contributed by atoms with Gasteiger partial charge in [-0.05, 0) is 31.4 Å². The minimum atomic E-state index is -4.44. The number of hydrogen-bond acceptors (Lipinski definition) is 6. The molecular weight excluding hydrogens is 403 g/mol. The van der Waals surface area contributed by atoms with Crippen LogP contribution in [0, 0.1) is 5.41 Å². The van der Waals surface area contributed by atoms with Crippen molar-refractivity contribution in [1.29, 1.82) is 5.41 Å². The molecule has 0 bridgehead atoms. The monoisotopic (exact) mass is 418 g/mol. The molecule has 1 saturated carbocycles. The summed E-state index contributed by atoms with van der Waals surface area (Å²) in [6, 6.07) is 2.56. The third-order valence-corrected chi connectivity index (χ3v) is 4.87. The molecular formula is C16H15F5N6O2. The van der Waals surface area contributed by atoms with Crippen LogP contribution in [-0.2, 0) is 0 Å². The van der Waals surface area contributed by atoms with Crippen LogP contribution in [0.1, 0.15) is 19.3 Å². The summed E-state index contributed by atoms with van der Waals surface area (Å²) in [6.07, 6.45) is -8.00. The summed E-state index contributed by atoms with van der Waals surface area (Å²) in [4.78, 5) is 10.4. The Hall–Kier alpha value is -2.96. The average molecular weight is 418 g/mol. The van der Waals surface area contributed by atoms with E-state index in [9.17, 15) is 22.0 Å². The maximum atomic E-state index is 13.4. The molecule has 1 aliphatic carbocycles. The van der Waals surface area contributed by atoms with E-state index in [4.69, 9.17) is 11.1 Å². The van der Waals surface area contributed by atoms with E-state index < -0.39 is 30.4 Å². The first-order valence-corrected chi connectivity index (χ1v) is 8.52. The molecule has 0 atom stereocenters. The number of aromatic amines is 1. The molecule has 0 saturated heterocycles. The van der Waals surface area contributed by atoms with Crippen LogP contribution in [0.3, 0.4) is 0 Å². The Balaban J connectivity index is 1.66. The first-order chi connectivity index (χ1) is 13.5. The number of alkyl halides is 5. The first kappa shape index (κ1) is 19.4. The van der Waals surface area contributed by atoms with Gasteiger partial charge in [0.1, 0.15) is 22.4 Å². The summed E-state index contributed by atoms with van der Waals surface area (Å²) in [5.41, 5.74) is 3.52. The van der Waals surface area contributed by atoms with Crippen LogP contribution in [0.4, 0.5) is 27.9 Å². The van der Waals surface area contributed by atoms with Crippen molar-refractivity contribution in [2.24, 2.45) is 4.99 Å². The van der Waals surface area contributed by atoms with Crippen LogP contribution >= 0.6 is 0 Å². The number of nitrogen functional groups attached to an aromatic ring is 1. The van der Waals surface area contributed by atoms with Crippen LogP contribution in [0.5, 0.6) is 11.5 Å². The number of amidine groups is 1. The van der Waals surface area contributed by atoms with Gasteiger partial charge in [-0.15, -0.1) is 8.78 Å². The molecule has 0 amide bonds. The minimum Gasteiger partial charge on any atom is -0.395 e. The summed E-state index contributed by atoms with van der Waals surface area (Å²) < 4.78 is 75.1. The van der Waals surface area contributed by atoms with Crippen LogP contribution in [-0.4, -0.2) is 40.4 Å². The Bertz CT molecular complexity index is 1060. The number of fused-ring (bicyclic) bond motifs is 3. The molecule has 156 valence electrons. The zero-order valence-electron chi connectivity index (χ0n) is 14.7. The minimum absolute atomic E-state index is 0.0319. The molecule has 0 unspecified atom stereocenters. The van der Waals surface area contributed by atoms with E-state index in [0.717, 1.165) is 0 Å². The Morgan fingerprint density at radius 1 is 1.31 bits per heavy atom. The van der Waals surface area contributed by atoms with Crippen molar-refractivity contribution in [1.82, 2.24) is 15.3 Å². The molecule has 2 aliphatic rings. The van der Waals surface area contributed by atoms with E-state index in [0.29, 0.717) is 6.42 Å². The highest BCUT2D eigenvalue weighted by molar-refractivity contribution is 5.89. The molecule has 1 fully saturated rings. The molecule has 2 heterocycles. The van der Waals surface area contributed by atoms with Gasteiger partial charge >= 0.3 is 12.5 Å². The normalized spacial score (nSPS) is 20.0. The van der Waals surface area contributed by atoms with Gasteiger partial charge in [0.15, 0.2) is 17.4 Å². The lowest BCUT2D eigenvalue weighted by Gasteiger charge is -2.43. The third kappa shape index (κ3) is 3.34. The second-order valence-corrected chi connectivity index (χ2v) is 6.77. The van der Waals surface area contributed by atoms with Gasteiger partial charge in [-0.3, -0.25) is 10.7 Å². The van der Waals surface area contributed by atoms with Crippen molar-refractivity contribution < 1.29 is 31.4 Å². The molecule has 1 aliphatic heterocycles. The lowest BCUT2D eigenvalue weighted by molar-refractivity contribution is -0.286. The molecule has 5 N–H and O–H groups in total. The molecule has 1 aromatic carbocycles. The summed E-state index contributed by atoms with van der Waals surface area (Å²) in [5.74, 6) is -1.22. The van der Waals surface area contributed by atoms with Gasteiger partial charge in [-0.1, -0.05) is 0 Å². The number of halogens is 5. The molecule has 1 aromatic heterocycles. The molecule has 13 heteroatoms. The van der Waals surface area contributed by atoms with Crippen molar-refractivity contribution in [3.05, 3.63) is 17.6 Å². The fourth-order valence-electron chi connectivity index (χ4n) is 3.24. The Morgan fingerprint density at radius 2 is 2.03 bits per heavy atom. The number of H-pyrrole nitrogens is 1. The Morgan fingerprint density at radius 3 is 2.66 bits per heavy atom. The highest BCUT2D eigenvalue weighted by atomic mass is 19.4. The molecule has 0 spiro atoms. The lowest BCUT2D eigenvalue weighted by Crippen LogP contribution is -2.62. The van der Waals surface area contributed by atoms with Gasteiger partial charge in [-0.2, -0.15) is 13.2 Å². The summed E-state index contributed by atoms with van der Waals surface area (Å²) in [5, 5.41) is 10.5. The molecule has 0 radical (unpaired) electrons. The number of nitrogens with two attached hydrogens (primary N) is 1. The second kappa shape index (κ2) is 6.27. The van der Waals surface area contributed by atoms with E-state index in [-0.39, 0.29) is 46.7 Å². The van der Waals surface area contributed by atoms with Gasteiger partial charge in [0.05, 0.1) is 6.54 Å². The maximum absolute atomic E-state index is 13.4. The third-order valence-electron chi connectivity index (χ3n) is 4.87. The van der Waals surface area contributed by atoms with Crippen molar-refractivity contribution >= 4 is 22.7 Å². The van der Waals surface area contributed by atoms with Crippen LogP contribution < -0.4 is 26.0 Å². The zero-order valence-corrected chi connectivity index (χ0v) is 14.7. The topological polar surface area (TPSA) is 121 Å². The van der Waals surface area contributed by atoms with Gasteiger partial charge < -0.3 is 20.2 Å². The van der Waals surface area contributed by atoms with E-state index >= 15 is 0 Å². The van der Waals surface area contributed by atoms with Crippen LogP contribution in [0.25, 0.3) is 10.9 Å². The SMILES string of the molecule is N=C(CNC1(C(F)(F)F)CCC1)/N=c1\[nH]c(N)nc2c3c(ccc12)OC(F)(F)O3. The Kier molecular flexibility index (Phi) is 4.19. The van der Waals surface area contributed by atoms with Crippen molar-refractivity contribution in [3.63, 3.8) is 0 Å². The van der Waals surface area contributed by atoms with Gasteiger partial charge in [-0.25, -0.2) is 9.98 Å². The standard InChI is InChI=1S/C16H15F5N6O2/c17-15(18,19)14(4-1-5-14)24-6-9(22)25-12-7-2-3-8-11(29-16(20,21)28-8)10(7)26-13(23)27-12/h2-3,24H,1,4-6H2,(H4,22,23,25,26,27). The predicted octanol–water partition coefficient (Wildman–Crippen LogP) is 2.42. The number of rotatable bonds is 3. The summed E-state index contributed by atoms with van der Waals surface area (Å²) >= 11 is 0. The number of nitrogens with one attached hydrogen (secondary N) is 3. The summed E-state index contributed by atoms with van der Waals surface area (Å²) in [6.45, 7) is -0.445. The first-order valence-electron chi connectivity index (χ1n) is 8.52. The number of anilines is 1. The van der Waals surface area contributed by atoms with Gasteiger partial charge in [0, 0.05) is 5.39 Å². The molecule has 2 aromatic rings. The number of hydrogen-bond donors (Lipinski definition) is 4. The fourth-order valence-corrected chi connectivity index (χ4v) is 3.24. The zero-order chi connectivity index (χ0) is 21.0. The number of ether oxygens (including phenoxy) is 2. The van der Waals surface area contributed by atoms with E-state index in [1.54, 1.807) is 0 Å². The smallest absolute Gasteiger partial charge is 0.395 e. The van der Waals surface area contributed by atoms with Gasteiger partial charge in [0.2, 0.25) is 0 Å². The lowest BCUT2D eigenvalue weighted by atomic mass is 9.76. The van der Waals surface area contributed by atoms with Crippen LogP contribution in [0.15, 0.2) is 17.1 Å². The van der Waals surface area contributed by atoms with E-state index in [1.165, 1.54) is 12.1 Å². The van der Waals surface area contributed by atoms with Gasteiger partial charge in [0.25, 0.3) is 0 Å². The quantitative estimate of drug-likeness (QED) is 0.347. The molecule has 4 rings (SSSR count). The number of benzene rings is 1. The van der Waals surface area contributed by atoms with E-state index in [1.807, 2.05) is 0 Å². The molecule has 29 heavy (non-hydrogen) atoms. The highest BCUT2D eigenvalue weighted by Crippen LogP contribution is 2.45. The average Bonchev–Trinajstić information content (AvgIpc) is 2.87. The fraction of sp³-hybridized carbons (Fsp3) is 0.438. The van der Waals surface area contributed by atoms with Crippen molar-refractivity contribution in [2.45, 2.75) is 37.3 Å². The second-order valence-electron chi connectivity index (χ2n) is 6.77. The maximum Gasteiger partial charge on any atom is 0.586 e. The Labute approximate surface area is 159 Å². The van der Waals surface area contributed by atoms with Crippen molar-refractivity contribution in [2.75, 3.05) is 12.3 Å². The molecule has 8 nitrogen and oxygen atoms in total. The summed E-state index contributed by atoms with van der Waals surface area (Å²) in [7, 11) is 0. The number of aromatic nitrogens is 2. The predicted molar refractivity (Wildman–Crippen MR) is 90.6 cm³/mol. The largest absolute Gasteiger partial charge is 0.586 e. The van der Waals surface area contributed by atoms with E-state index in [2.05, 4.69) is 29.8 Å².